The van der Waals surface area contributed by atoms with Gasteiger partial charge in [0.2, 0.25) is 0 Å². The van der Waals surface area contributed by atoms with E-state index in [1.807, 2.05) is 0 Å². The Labute approximate surface area is 716 Å². The molecule has 8 aliphatic heterocycles. The van der Waals surface area contributed by atoms with Gasteiger partial charge in [-0.1, -0.05) is 128 Å². The maximum absolute atomic E-state index is 12.0. The van der Waals surface area contributed by atoms with Crippen molar-refractivity contribution in [3.05, 3.63) is 35.4 Å². The first-order valence-corrected chi connectivity index (χ1v) is 43.2. The highest BCUT2D eigenvalue weighted by molar-refractivity contribution is 5.25. The van der Waals surface area contributed by atoms with Gasteiger partial charge in [0.15, 0.2) is 50.3 Å². The van der Waals surface area contributed by atoms with Crippen LogP contribution in [0.5, 0.6) is 0 Å². The summed E-state index contributed by atoms with van der Waals surface area (Å²) in [5.41, 5.74) is -1.76. The molecule has 1 aromatic carbocycles. The minimum atomic E-state index is -2.05. The van der Waals surface area contributed by atoms with Gasteiger partial charge in [0.25, 0.3) is 0 Å². The number of benzene rings is 1. The molecule has 722 valence electrons. The fourth-order valence-corrected chi connectivity index (χ4v) is 17.1. The fraction of sp³-hybridized carbons (Fsp3) is 0.925. The molecule has 40 atom stereocenters. The van der Waals surface area contributed by atoms with E-state index in [4.69, 9.17) is 75.8 Å². The van der Waals surface area contributed by atoms with Crippen molar-refractivity contribution >= 4 is 0 Å². The van der Waals surface area contributed by atoms with Crippen molar-refractivity contribution in [1.82, 2.24) is 0 Å². The third-order valence-electron chi connectivity index (χ3n) is 24.9. The van der Waals surface area contributed by atoms with Crippen molar-refractivity contribution in [1.29, 1.82) is 0 Å². The number of unbranched alkanes of at least 4 members (excludes halogenated alkanes) is 12. The van der Waals surface area contributed by atoms with Crippen molar-refractivity contribution in [2.45, 2.75) is 375 Å². The topological polar surface area (TPSA) is 714 Å². The van der Waals surface area contributed by atoms with Crippen LogP contribution in [0.1, 0.15) is 128 Å². The Balaban J connectivity index is 1.06. The Morgan fingerprint density at radius 1 is 0.226 bits per heavy atom. The minimum Gasteiger partial charge on any atom is -0.394 e. The molecule has 0 saturated carbocycles. The molecule has 0 bridgehead atoms. The summed E-state index contributed by atoms with van der Waals surface area (Å²) in [6.07, 6.45) is -62.2. The smallest absolute Gasteiger partial charge is 0.187 e. The van der Waals surface area contributed by atoms with Crippen molar-refractivity contribution in [2.75, 3.05) is 79.3 Å². The van der Waals surface area contributed by atoms with Crippen molar-refractivity contribution in [3.63, 3.8) is 0 Å². The Hall–Kier alpha value is -2.54. The first-order chi connectivity index (χ1) is 59.3. The summed E-state index contributed by atoms with van der Waals surface area (Å²) in [6, 6.07) is 6.90. The molecule has 0 radical (unpaired) electrons. The van der Waals surface area contributed by atoms with Gasteiger partial charge in [0.1, 0.15) is 195 Å². The van der Waals surface area contributed by atoms with Crippen molar-refractivity contribution in [2.24, 2.45) is 10.8 Å². The summed E-state index contributed by atoms with van der Waals surface area (Å²) in [4.78, 5) is 0. The molecule has 44 heteroatoms. The molecular weight excluding hydrogens is 1660 g/mol. The molecule has 0 aromatic heterocycles. The third-order valence-corrected chi connectivity index (χ3v) is 24.9. The lowest BCUT2D eigenvalue weighted by Gasteiger charge is -2.47. The third kappa shape index (κ3) is 26.1. The molecule has 9 rings (SSSR count). The number of ether oxygens (including phenoxy) is 16. The van der Waals surface area contributed by atoms with Gasteiger partial charge in [-0.3, -0.25) is 0 Å². The summed E-state index contributed by atoms with van der Waals surface area (Å²) in [7, 11) is 0. The van der Waals surface area contributed by atoms with Crippen LogP contribution in [-0.4, -0.2) is 468 Å². The molecular formula is C80H138O44. The van der Waals surface area contributed by atoms with E-state index in [9.17, 15) is 143 Å². The van der Waals surface area contributed by atoms with Gasteiger partial charge in [-0.15, -0.1) is 0 Å². The Morgan fingerprint density at radius 3 is 0.613 bits per heavy atom. The van der Waals surface area contributed by atoms with Gasteiger partial charge < -0.3 is 219 Å². The number of hydrogen-bond donors (Lipinski definition) is 28. The molecule has 28 N–H and O–H groups in total. The van der Waals surface area contributed by atoms with Crippen LogP contribution in [0.15, 0.2) is 24.3 Å². The van der Waals surface area contributed by atoms with E-state index in [1.165, 1.54) is 0 Å². The summed E-state index contributed by atoms with van der Waals surface area (Å²) in [5.74, 6) is 0. The van der Waals surface area contributed by atoms with E-state index in [1.54, 1.807) is 24.3 Å². The molecule has 1 aromatic rings. The van der Waals surface area contributed by atoms with E-state index >= 15 is 0 Å². The first-order valence-electron chi connectivity index (χ1n) is 43.2. The second-order valence-corrected chi connectivity index (χ2v) is 34.2. The maximum Gasteiger partial charge on any atom is 0.187 e. The summed E-state index contributed by atoms with van der Waals surface area (Å²) >= 11 is 0. The Kier molecular flexibility index (Phi) is 42.4. The zero-order valence-corrected chi connectivity index (χ0v) is 69.7. The quantitative estimate of drug-likeness (QED) is 0.0269. The number of aliphatic hydroxyl groups is 28. The first kappa shape index (κ1) is 105. The van der Waals surface area contributed by atoms with E-state index in [2.05, 4.69) is 13.8 Å². The molecule has 0 spiro atoms. The molecule has 44 nitrogen and oxygen atoms in total. The van der Waals surface area contributed by atoms with Crippen LogP contribution in [-0.2, 0) is 88.6 Å². The average molecular weight is 1800 g/mol. The minimum absolute atomic E-state index is 0.0630. The number of rotatable bonds is 48. The predicted octanol–water partition coefficient (Wildman–Crippen LogP) is -10.4. The van der Waals surface area contributed by atoms with Crippen LogP contribution in [0, 0.1) is 10.8 Å². The van der Waals surface area contributed by atoms with Gasteiger partial charge in [-0.2, -0.15) is 0 Å². The molecule has 8 heterocycles. The molecule has 8 aliphatic rings. The summed E-state index contributed by atoms with van der Waals surface area (Å²) in [6.45, 7) is -5.04. The highest BCUT2D eigenvalue weighted by atomic mass is 16.8. The van der Waals surface area contributed by atoms with Gasteiger partial charge >= 0.3 is 0 Å². The maximum atomic E-state index is 12.0. The van der Waals surface area contributed by atoms with Crippen LogP contribution < -0.4 is 0 Å². The molecule has 16 unspecified atom stereocenters. The Bertz CT molecular complexity index is 2760. The van der Waals surface area contributed by atoms with E-state index in [0.717, 1.165) is 64.2 Å². The van der Waals surface area contributed by atoms with Crippen LogP contribution >= 0.6 is 0 Å². The van der Waals surface area contributed by atoms with E-state index in [-0.39, 0.29) is 25.7 Å². The van der Waals surface area contributed by atoms with Gasteiger partial charge in [0.05, 0.1) is 79.3 Å². The lowest BCUT2D eigenvalue weighted by Crippen LogP contribution is -2.65. The van der Waals surface area contributed by atoms with Gasteiger partial charge in [-0.05, 0) is 36.8 Å². The lowest BCUT2D eigenvalue weighted by molar-refractivity contribution is -0.365. The monoisotopic (exact) mass is 1800 g/mol. The van der Waals surface area contributed by atoms with Crippen LogP contribution in [0.3, 0.4) is 0 Å². The van der Waals surface area contributed by atoms with Crippen LogP contribution in [0.25, 0.3) is 0 Å². The predicted molar refractivity (Wildman–Crippen MR) is 413 cm³/mol. The molecule has 8 saturated heterocycles. The Morgan fingerprint density at radius 2 is 0.411 bits per heavy atom. The average Bonchev–Trinajstić information content (AvgIpc) is 0.789. The highest BCUT2D eigenvalue weighted by Crippen LogP contribution is 2.42. The second kappa shape index (κ2) is 50.0. The zero-order chi connectivity index (χ0) is 90.6. The second-order valence-electron chi connectivity index (χ2n) is 34.2. The SMILES string of the molecule is CCCCCCCCCC(CO[C@@H]1OC(CO)[C@@H](O[C@H]2OC(CO)[C@@H](O)[C@H](O)C2O)[C@H](O)C1O)(CO[C@@H]1OC(CO)[C@@H](O[C@H]2OC(CO)[C@@H](O)[C@H](O)C2O)[C@H](O)C1O)Cc1ccc(CC(CCCCCCCCC)(CO[C@@H]2OC(CO)[C@@H](O[C@H]3OC(CO)[C@@H](O)[C@H](O)C3O)[C@H](O)C2O)CO[C@@H]2OC(CO)[C@@H](O[C@H]3OC(CO)[C@@H](O)[C@H](O)C3O)[C@H](O)C2O)cc1. The normalized spacial score (nSPS) is 42.9. The zero-order valence-electron chi connectivity index (χ0n) is 69.7. The summed E-state index contributed by atoms with van der Waals surface area (Å²) < 4.78 is 96.0. The van der Waals surface area contributed by atoms with E-state index < -0.39 is 336 Å². The molecule has 124 heavy (non-hydrogen) atoms. The van der Waals surface area contributed by atoms with Gasteiger partial charge in [0, 0.05) is 10.8 Å². The largest absolute Gasteiger partial charge is 0.394 e. The standard InChI is InChI=1S/C80H138O44/c1-3-5-7-9-11-13-15-21-79(33-109-71-63(105)55(97)67(43(29-85)117-71)121-75-59(101)51(93)47(89)39(25-81)113-75,34-110-72-64(106)56(98)68(44(30-86)118-72)122-76-60(102)52(94)48(90)40(26-82)114-76)23-37-17-19-38(20-18-37)24-80(22-16-14-12-10-8-6-4-2,35-111-73-65(107)57(99)69(45(31-87)119-73)123-77-61(103)53(95)49(91)41(27-83)115-77)36-112-74-66(108)58(100)70(46(32-88)120-74)124-78-62(104)54(96)50(92)42(28-84)116-78/h17-20,39-78,81-108H,3-16,21-36H2,1-2H3/t39?,40?,41?,42?,43?,44?,45?,46?,47-,48-,49-,50-,51+,52+,53+,54+,55-,56-,57-,58-,59?,60?,61?,62?,63?,64?,65?,66?,67-,68-,69-,70-,71-,72-,73-,74-,75-,76-,77-,78-,79?,80?/m1/s1. The molecule has 8 fully saturated rings. The van der Waals surface area contributed by atoms with Crippen molar-refractivity contribution in [3.8, 4) is 0 Å². The molecule has 0 amide bonds. The fourth-order valence-electron chi connectivity index (χ4n) is 17.1. The molecule has 0 aliphatic carbocycles. The van der Waals surface area contributed by atoms with Crippen LogP contribution in [0.4, 0.5) is 0 Å². The van der Waals surface area contributed by atoms with Crippen molar-refractivity contribution < 1.29 is 219 Å². The number of aliphatic hydroxyl groups excluding tert-OH is 28. The van der Waals surface area contributed by atoms with Gasteiger partial charge in [-0.25, -0.2) is 0 Å². The summed E-state index contributed by atoms with van der Waals surface area (Å²) in [5, 5.41) is 306. The number of hydrogen-bond acceptors (Lipinski definition) is 44. The highest BCUT2D eigenvalue weighted by Gasteiger charge is 2.58. The van der Waals surface area contributed by atoms with E-state index in [0.29, 0.717) is 36.8 Å². The lowest BCUT2D eigenvalue weighted by atomic mass is 9.76. The van der Waals surface area contributed by atoms with Crippen LogP contribution in [0.2, 0.25) is 0 Å².